The fourth-order valence-electron chi connectivity index (χ4n) is 1.98. The SMILES string of the molecule is CC1C(=O)N(c2cccc(/C=C/C(=O)O)n2)C(=O)C1C. The molecule has 20 heavy (non-hydrogen) atoms. The van der Waals surface area contributed by atoms with E-state index in [1.54, 1.807) is 32.0 Å². The second-order valence-corrected chi connectivity index (χ2v) is 4.68. The Morgan fingerprint density at radius 3 is 2.40 bits per heavy atom. The number of carbonyl (C=O) groups is 3. The van der Waals surface area contributed by atoms with Gasteiger partial charge in [0.2, 0.25) is 11.8 Å². The van der Waals surface area contributed by atoms with Gasteiger partial charge >= 0.3 is 5.97 Å². The first-order valence-electron chi connectivity index (χ1n) is 6.17. The smallest absolute Gasteiger partial charge is 0.328 e. The Balaban J connectivity index is 2.34. The summed E-state index contributed by atoms with van der Waals surface area (Å²) >= 11 is 0. The highest BCUT2D eigenvalue weighted by atomic mass is 16.4. The molecule has 1 aromatic heterocycles. The number of pyridine rings is 1. The summed E-state index contributed by atoms with van der Waals surface area (Å²) in [5, 5.41) is 8.58. The van der Waals surface area contributed by atoms with E-state index < -0.39 is 5.97 Å². The number of hydrogen-bond donors (Lipinski definition) is 1. The summed E-state index contributed by atoms with van der Waals surface area (Å²) < 4.78 is 0. The summed E-state index contributed by atoms with van der Waals surface area (Å²) in [4.78, 5) is 39.8. The van der Waals surface area contributed by atoms with Crippen LogP contribution in [0.5, 0.6) is 0 Å². The Labute approximate surface area is 115 Å². The Hall–Kier alpha value is -2.50. The van der Waals surface area contributed by atoms with Crippen molar-refractivity contribution in [3.63, 3.8) is 0 Å². The van der Waals surface area contributed by atoms with Crippen molar-refractivity contribution in [3.05, 3.63) is 30.0 Å². The van der Waals surface area contributed by atoms with Crippen molar-refractivity contribution in [2.75, 3.05) is 4.90 Å². The molecule has 2 atom stereocenters. The van der Waals surface area contributed by atoms with Gasteiger partial charge in [-0.1, -0.05) is 19.9 Å². The minimum Gasteiger partial charge on any atom is -0.478 e. The van der Waals surface area contributed by atoms with Crippen LogP contribution in [0.2, 0.25) is 0 Å². The lowest BCUT2D eigenvalue weighted by Crippen LogP contribution is -2.31. The van der Waals surface area contributed by atoms with Crippen LogP contribution in [-0.2, 0) is 14.4 Å². The molecule has 0 spiro atoms. The molecule has 1 fully saturated rings. The number of carboxylic acids is 1. The van der Waals surface area contributed by atoms with E-state index in [1.165, 1.54) is 6.08 Å². The van der Waals surface area contributed by atoms with Gasteiger partial charge in [-0.15, -0.1) is 0 Å². The number of amides is 2. The molecule has 1 aliphatic rings. The van der Waals surface area contributed by atoms with Gasteiger partial charge in [0, 0.05) is 17.9 Å². The fourth-order valence-corrected chi connectivity index (χ4v) is 1.98. The van der Waals surface area contributed by atoms with Crippen LogP contribution in [0.4, 0.5) is 5.82 Å². The van der Waals surface area contributed by atoms with Gasteiger partial charge < -0.3 is 5.11 Å². The number of anilines is 1. The monoisotopic (exact) mass is 274 g/mol. The van der Waals surface area contributed by atoms with Gasteiger partial charge in [0.15, 0.2) is 0 Å². The molecule has 6 nitrogen and oxygen atoms in total. The van der Waals surface area contributed by atoms with Crippen LogP contribution in [0, 0.1) is 11.8 Å². The van der Waals surface area contributed by atoms with Crippen LogP contribution in [0.3, 0.4) is 0 Å². The Morgan fingerprint density at radius 1 is 1.25 bits per heavy atom. The fraction of sp³-hybridized carbons (Fsp3) is 0.286. The third kappa shape index (κ3) is 2.45. The average molecular weight is 274 g/mol. The van der Waals surface area contributed by atoms with Crippen molar-refractivity contribution in [1.29, 1.82) is 0 Å². The highest BCUT2D eigenvalue weighted by Gasteiger charge is 2.43. The number of hydrogen-bond acceptors (Lipinski definition) is 4. The second-order valence-electron chi connectivity index (χ2n) is 4.68. The first kappa shape index (κ1) is 13.9. The van der Waals surface area contributed by atoms with E-state index in [0.717, 1.165) is 11.0 Å². The van der Waals surface area contributed by atoms with Gasteiger partial charge in [-0.25, -0.2) is 14.7 Å². The molecular formula is C14H14N2O4. The molecule has 1 aromatic rings. The molecular weight excluding hydrogens is 260 g/mol. The minimum atomic E-state index is -1.09. The number of rotatable bonds is 3. The zero-order valence-corrected chi connectivity index (χ0v) is 11.1. The first-order chi connectivity index (χ1) is 9.41. The number of carboxylic acid groups (broad SMARTS) is 1. The number of aliphatic carboxylic acids is 1. The molecule has 0 aromatic carbocycles. The molecule has 1 N–H and O–H groups in total. The minimum absolute atomic E-state index is 0.226. The first-order valence-corrected chi connectivity index (χ1v) is 6.17. The molecule has 1 saturated heterocycles. The van der Waals surface area contributed by atoms with Crippen LogP contribution in [0.25, 0.3) is 6.08 Å². The maximum atomic E-state index is 12.1. The van der Waals surface area contributed by atoms with E-state index >= 15 is 0 Å². The standard InChI is InChI=1S/C14H14N2O4/c1-8-9(2)14(20)16(13(8)19)11-5-3-4-10(15-11)6-7-12(17)18/h3-9H,1-2H3,(H,17,18)/b7-6+. The van der Waals surface area contributed by atoms with Crippen molar-refractivity contribution in [2.24, 2.45) is 11.8 Å². The predicted octanol–water partition coefficient (Wildman–Crippen LogP) is 1.32. The topological polar surface area (TPSA) is 87.6 Å². The second kappa shape index (κ2) is 5.24. The van der Waals surface area contributed by atoms with E-state index in [9.17, 15) is 14.4 Å². The van der Waals surface area contributed by atoms with Gasteiger partial charge in [0.25, 0.3) is 0 Å². The van der Waals surface area contributed by atoms with Crippen LogP contribution in [-0.4, -0.2) is 27.9 Å². The number of nitrogens with zero attached hydrogens (tertiary/aromatic N) is 2. The molecule has 0 saturated carbocycles. The molecule has 2 rings (SSSR count). The molecule has 0 bridgehead atoms. The van der Waals surface area contributed by atoms with E-state index in [2.05, 4.69) is 4.98 Å². The molecule has 104 valence electrons. The quantitative estimate of drug-likeness (QED) is 0.663. The highest BCUT2D eigenvalue weighted by molar-refractivity contribution is 6.21. The zero-order valence-electron chi connectivity index (χ0n) is 11.1. The molecule has 1 aliphatic heterocycles. The van der Waals surface area contributed by atoms with Crippen molar-refractivity contribution >= 4 is 29.7 Å². The summed E-state index contributed by atoms with van der Waals surface area (Å²) in [7, 11) is 0. The maximum Gasteiger partial charge on any atom is 0.328 e. The zero-order chi connectivity index (χ0) is 14.9. The summed E-state index contributed by atoms with van der Waals surface area (Å²) in [6, 6.07) is 4.78. The van der Waals surface area contributed by atoms with E-state index in [0.29, 0.717) is 5.69 Å². The summed E-state index contributed by atoms with van der Waals surface area (Å²) in [6.45, 7) is 3.41. The third-order valence-electron chi connectivity index (χ3n) is 3.35. The van der Waals surface area contributed by atoms with Gasteiger partial charge in [0.1, 0.15) is 5.82 Å². The summed E-state index contributed by atoms with van der Waals surface area (Å²) in [5.41, 5.74) is 0.373. The number of aromatic nitrogens is 1. The van der Waals surface area contributed by atoms with Gasteiger partial charge in [-0.2, -0.15) is 0 Å². The third-order valence-corrected chi connectivity index (χ3v) is 3.35. The van der Waals surface area contributed by atoms with Crippen LogP contribution in [0.15, 0.2) is 24.3 Å². The van der Waals surface area contributed by atoms with Gasteiger partial charge in [0.05, 0.1) is 5.69 Å². The predicted molar refractivity (Wildman–Crippen MR) is 71.7 cm³/mol. The maximum absolute atomic E-state index is 12.1. The summed E-state index contributed by atoms with van der Waals surface area (Å²) in [6.07, 6.45) is 2.26. The number of carbonyl (C=O) groups excluding carboxylic acids is 2. The van der Waals surface area contributed by atoms with E-state index in [1.807, 2.05) is 0 Å². The number of imide groups is 1. The lowest BCUT2D eigenvalue weighted by atomic mass is 10.00. The van der Waals surface area contributed by atoms with Crippen molar-refractivity contribution in [3.8, 4) is 0 Å². The molecule has 2 heterocycles. The highest BCUT2D eigenvalue weighted by Crippen LogP contribution is 2.29. The lowest BCUT2D eigenvalue weighted by molar-refractivity contribution is -0.131. The van der Waals surface area contributed by atoms with Crippen molar-refractivity contribution < 1.29 is 19.5 Å². The van der Waals surface area contributed by atoms with E-state index in [-0.39, 0.29) is 29.5 Å². The Kier molecular flexibility index (Phi) is 3.65. The van der Waals surface area contributed by atoms with Crippen LogP contribution >= 0.6 is 0 Å². The lowest BCUT2D eigenvalue weighted by Gasteiger charge is -2.13. The van der Waals surface area contributed by atoms with Crippen LogP contribution < -0.4 is 4.90 Å². The molecule has 0 radical (unpaired) electrons. The van der Waals surface area contributed by atoms with Crippen LogP contribution in [0.1, 0.15) is 19.5 Å². The normalized spacial score (nSPS) is 22.8. The molecule has 6 heteroatoms. The Bertz CT molecular complexity index is 589. The molecule has 0 aliphatic carbocycles. The van der Waals surface area contributed by atoms with Gasteiger partial charge in [-0.05, 0) is 18.2 Å². The van der Waals surface area contributed by atoms with Gasteiger partial charge in [-0.3, -0.25) is 9.59 Å². The van der Waals surface area contributed by atoms with E-state index in [4.69, 9.17) is 5.11 Å². The van der Waals surface area contributed by atoms with Crippen molar-refractivity contribution in [2.45, 2.75) is 13.8 Å². The average Bonchev–Trinajstić information content (AvgIpc) is 2.61. The molecule has 2 unspecified atom stereocenters. The Morgan fingerprint density at radius 2 is 1.85 bits per heavy atom. The largest absolute Gasteiger partial charge is 0.478 e. The summed E-state index contributed by atoms with van der Waals surface area (Å²) in [5.74, 6) is -2.18. The molecule has 2 amide bonds. The van der Waals surface area contributed by atoms with Crippen molar-refractivity contribution in [1.82, 2.24) is 4.98 Å².